The van der Waals surface area contributed by atoms with Gasteiger partial charge in [-0.1, -0.05) is 30.3 Å². The molecule has 0 unspecified atom stereocenters. The van der Waals surface area contributed by atoms with Gasteiger partial charge in [0.1, 0.15) is 0 Å². The summed E-state index contributed by atoms with van der Waals surface area (Å²) in [6, 6.07) is 9.44. The lowest BCUT2D eigenvalue weighted by Gasteiger charge is -2.55. The van der Waals surface area contributed by atoms with Crippen molar-refractivity contribution in [1.29, 1.82) is 0 Å². The standard InChI is InChI=1S/C23H26N4O3/c1-15-24-25-26-27(15)20(10-16-5-3-2-4-6-16)22(29)30-14-21(28)23-11-17-7-18(12-23)9-19(8-17)13-23/h2-6,10,17-19H,7-9,11-14H2,1H3/b20-10+. The molecule has 4 fully saturated rings. The lowest BCUT2D eigenvalue weighted by Crippen LogP contribution is -2.51. The molecule has 0 radical (unpaired) electrons. The van der Waals surface area contributed by atoms with E-state index in [0.29, 0.717) is 23.6 Å². The van der Waals surface area contributed by atoms with Gasteiger partial charge in [-0.05, 0) is 85.3 Å². The molecular formula is C23H26N4O3. The Hall–Kier alpha value is -2.83. The zero-order chi connectivity index (χ0) is 20.7. The minimum atomic E-state index is -0.590. The summed E-state index contributed by atoms with van der Waals surface area (Å²) < 4.78 is 6.89. The molecule has 1 aromatic heterocycles. The second-order valence-electron chi connectivity index (χ2n) is 9.28. The zero-order valence-electron chi connectivity index (χ0n) is 17.2. The second kappa shape index (κ2) is 7.45. The Balaban J connectivity index is 1.33. The largest absolute Gasteiger partial charge is 0.453 e. The number of tetrazole rings is 1. The summed E-state index contributed by atoms with van der Waals surface area (Å²) in [7, 11) is 0. The van der Waals surface area contributed by atoms with Crippen molar-refractivity contribution in [2.24, 2.45) is 23.2 Å². The summed E-state index contributed by atoms with van der Waals surface area (Å²) in [4.78, 5) is 26.2. The third kappa shape index (κ3) is 3.46. The number of aromatic nitrogens is 4. The van der Waals surface area contributed by atoms with Gasteiger partial charge in [-0.25, -0.2) is 4.79 Å². The summed E-state index contributed by atoms with van der Waals surface area (Å²) in [5.74, 6) is 1.99. The van der Waals surface area contributed by atoms with E-state index in [4.69, 9.17) is 4.74 Å². The molecule has 4 aliphatic carbocycles. The molecule has 0 N–H and O–H groups in total. The molecule has 0 saturated heterocycles. The average molecular weight is 406 g/mol. The molecular weight excluding hydrogens is 380 g/mol. The van der Waals surface area contributed by atoms with Crippen LogP contribution in [0.1, 0.15) is 49.9 Å². The molecule has 30 heavy (non-hydrogen) atoms. The van der Waals surface area contributed by atoms with Crippen LogP contribution < -0.4 is 0 Å². The van der Waals surface area contributed by atoms with E-state index < -0.39 is 5.97 Å². The number of benzene rings is 1. The van der Waals surface area contributed by atoms with Gasteiger partial charge in [-0.3, -0.25) is 4.79 Å². The van der Waals surface area contributed by atoms with Crippen molar-refractivity contribution in [1.82, 2.24) is 20.2 Å². The highest BCUT2D eigenvalue weighted by Crippen LogP contribution is 2.60. The van der Waals surface area contributed by atoms with Crippen molar-refractivity contribution in [3.63, 3.8) is 0 Å². The maximum absolute atomic E-state index is 13.2. The van der Waals surface area contributed by atoms with E-state index in [0.717, 1.165) is 24.8 Å². The number of carbonyl (C=O) groups is 2. The van der Waals surface area contributed by atoms with Gasteiger partial charge in [0, 0.05) is 5.41 Å². The van der Waals surface area contributed by atoms with Crippen LogP contribution in [-0.2, 0) is 14.3 Å². The number of aryl methyl sites for hydroxylation is 1. The number of hydrogen-bond donors (Lipinski definition) is 0. The molecule has 0 amide bonds. The molecule has 7 nitrogen and oxygen atoms in total. The Bertz CT molecular complexity index is 960. The Kier molecular flexibility index (Phi) is 4.76. The van der Waals surface area contributed by atoms with Gasteiger partial charge in [0.05, 0.1) is 0 Å². The molecule has 2 aromatic rings. The van der Waals surface area contributed by atoms with E-state index in [1.165, 1.54) is 23.9 Å². The minimum absolute atomic E-state index is 0.0856. The van der Waals surface area contributed by atoms with Gasteiger partial charge in [0.2, 0.25) is 0 Å². The van der Waals surface area contributed by atoms with E-state index in [-0.39, 0.29) is 23.5 Å². The Labute approximate surface area is 175 Å². The van der Waals surface area contributed by atoms with Crippen LogP contribution >= 0.6 is 0 Å². The van der Waals surface area contributed by atoms with Crippen molar-refractivity contribution in [2.75, 3.05) is 6.61 Å². The Morgan fingerprint density at radius 2 is 1.73 bits per heavy atom. The summed E-state index contributed by atoms with van der Waals surface area (Å²) in [6.07, 6.45) is 8.40. The molecule has 1 heterocycles. The first-order chi connectivity index (χ1) is 14.5. The normalized spacial score (nSPS) is 29.8. The molecule has 0 aliphatic heterocycles. The molecule has 4 aliphatic rings. The molecule has 0 atom stereocenters. The van der Waals surface area contributed by atoms with Crippen molar-refractivity contribution in [3.8, 4) is 0 Å². The van der Waals surface area contributed by atoms with E-state index in [2.05, 4.69) is 15.5 Å². The minimum Gasteiger partial charge on any atom is -0.453 e. The molecule has 1 aromatic carbocycles. The summed E-state index contributed by atoms with van der Waals surface area (Å²) in [5, 5.41) is 11.4. The van der Waals surface area contributed by atoms with E-state index >= 15 is 0 Å². The van der Waals surface area contributed by atoms with Crippen molar-refractivity contribution in [3.05, 3.63) is 41.7 Å². The van der Waals surface area contributed by atoms with Crippen molar-refractivity contribution < 1.29 is 14.3 Å². The monoisotopic (exact) mass is 406 g/mol. The number of Topliss-reactive ketones (excluding diaryl/α,β-unsaturated/α-hetero) is 1. The number of ether oxygens (including phenoxy) is 1. The van der Waals surface area contributed by atoms with Crippen molar-refractivity contribution >= 4 is 23.5 Å². The van der Waals surface area contributed by atoms with Crippen LogP contribution in [0.4, 0.5) is 0 Å². The number of esters is 1. The van der Waals surface area contributed by atoms with Crippen LogP contribution in [0.15, 0.2) is 30.3 Å². The van der Waals surface area contributed by atoms with E-state index in [1.807, 2.05) is 30.3 Å². The van der Waals surface area contributed by atoms with Crippen LogP contribution in [0.25, 0.3) is 11.8 Å². The van der Waals surface area contributed by atoms with Gasteiger partial charge < -0.3 is 4.74 Å². The maximum Gasteiger partial charge on any atom is 0.357 e. The summed E-state index contributed by atoms with van der Waals surface area (Å²) >= 11 is 0. The van der Waals surface area contributed by atoms with Crippen LogP contribution in [0.3, 0.4) is 0 Å². The lowest BCUT2D eigenvalue weighted by molar-refractivity contribution is -0.154. The Morgan fingerprint density at radius 3 is 2.30 bits per heavy atom. The summed E-state index contributed by atoms with van der Waals surface area (Å²) in [6.45, 7) is 1.53. The number of carbonyl (C=O) groups excluding carboxylic acids is 2. The molecule has 4 bridgehead atoms. The van der Waals surface area contributed by atoms with E-state index in [1.54, 1.807) is 13.0 Å². The SMILES string of the molecule is Cc1nnnn1/C(=C/c1ccccc1)C(=O)OCC(=O)C12CC3CC(CC(C3)C1)C2. The quantitative estimate of drug-likeness (QED) is 0.540. The fourth-order valence-corrected chi connectivity index (χ4v) is 6.18. The fourth-order valence-electron chi connectivity index (χ4n) is 6.18. The highest BCUT2D eigenvalue weighted by atomic mass is 16.5. The van der Waals surface area contributed by atoms with Crippen LogP contribution in [0.5, 0.6) is 0 Å². The first-order valence-electron chi connectivity index (χ1n) is 10.7. The van der Waals surface area contributed by atoms with Gasteiger partial charge in [-0.2, -0.15) is 4.68 Å². The van der Waals surface area contributed by atoms with Crippen LogP contribution in [0.2, 0.25) is 0 Å². The average Bonchev–Trinajstić information content (AvgIpc) is 3.15. The van der Waals surface area contributed by atoms with Gasteiger partial charge >= 0.3 is 5.97 Å². The number of nitrogens with zero attached hydrogens (tertiary/aromatic N) is 4. The smallest absolute Gasteiger partial charge is 0.357 e. The summed E-state index contributed by atoms with van der Waals surface area (Å²) in [5.41, 5.74) is 0.747. The van der Waals surface area contributed by atoms with Crippen molar-refractivity contribution in [2.45, 2.75) is 45.4 Å². The van der Waals surface area contributed by atoms with Gasteiger partial charge in [0.25, 0.3) is 0 Å². The topological polar surface area (TPSA) is 87.0 Å². The lowest BCUT2D eigenvalue weighted by atomic mass is 9.48. The van der Waals surface area contributed by atoms with Gasteiger partial charge in [0.15, 0.2) is 23.9 Å². The molecule has 4 saturated carbocycles. The number of hydrogen-bond acceptors (Lipinski definition) is 6. The third-order valence-electron chi connectivity index (χ3n) is 7.13. The van der Waals surface area contributed by atoms with Crippen LogP contribution in [-0.4, -0.2) is 38.6 Å². The fraction of sp³-hybridized carbons (Fsp3) is 0.522. The number of ketones is 1. The van der Waals surface area contributed by atoms with Gasteiger partial charge in [-0.15, -0.1) is 5.10 Å². The first kappa shape index (κ1) is 19.2. The molecule has 0 spiro atoms. The maximum atomic E-state index is 13.2. The highest BCUT2D eigenvalue weighted by molar-refractivity contribution is 6.15. The predicted octanol–water partition coefficient (Wildman–Crippen LogP) is 3.31. The Morgan fingerprint density at radius 1 is 1.10 bits per heavy atom. The number of rotatable bonds is 6. The second-order valence-corrected chi connectivity index (χ2v) is 9.28. The first-order valence-corrected chi connectivity index (χ1v) is 10.7. The highest BCUT2D eigenvalue weighted by Gasteiger charge is 2.54. The molecule has 156 valence electrons. The van der Waals surface area contributed by atoms with E-state index in [9.17, 15) is 9.59 Å². The third-order valence-corrected chi connectivity index (χ3v) is 7.13. The molecule has 7 heteroatoms. The zero-order valence-corrected chi connectivity index (χ0v) is 17.2. The predicted molar refractivity (Wildman–Crippen MR) is 110 cm³/mol. The van der Waals surface area contributed by atoms with Crippen LogP contribution in [0, 0.1) is 30.1 Å². The molecule has 6 rings (SSSR count).